The van der Waals surface area contributed by atoms with Gasteiger partial charge in [0, 0.05) is 18.4 Å². The first-order valence-electron chi connectivity index (χ1n) is 14.8. The molecular weight excluding hydrogens is 544 g/mol. The number of hydrogen-bond acceptors (Lipinski definition) is 10. The molecular formula is C32H46O10. The van der Waals surface area contributed by atoms with Gasteiger partial charge in [0.15, 0.2) is 0 Å². The van der Waals surface area contributed by atoms with E-state index >= 15 is 0 Å². The highest BCUT2D eigenvalue weighted by atomic mass is 16.7. The van der Waals surface area contributed by atoms with Crippen molar-refractivity contribution in [1.82, 2.24) is 0 Å². The van der Waals surface area contributed by atoms with Crippen molar-refractivity contribution in [2.45, 2.75) is 116 Å². The van der Waals surface area contributed by atoms with E-state index in [-0.39, 0.29) is 48.7 Å². The van der Waals surface area contributed by atoms with Gasteiger partial charge in [-0.05, 0) is 56.7 Å². The quantitative estimate of drug-likeness (QED) is 0.394. The Morgan fingerprint density at radius 1 is 1.12 bits per heavy atom. The number of aliphatic hydroxyl groups is 2. The lowest BCUT2D eigenvalue weighted by molar-refractivity contribution is -0.371. The molecule has 234 valence electrons. The molecule has 42 heavy (non-hydrogen) atoms. The van der Waals surface area contributed by atoms with Crippen LogP contribution in [-0.2, 0) is 33.3 Å². The fourth-order valence-electron chi connectivity index (χ4n) is 6.72. The molecule has 2 fully saturated rings. The number of aliphatic hydroxyl groups excluding tert-OH is 1. The number of carbonyl (C=O) groups is 2. The largest absolute Gasteiger partial charge is 0.508 e. The van der Waals surface area contributed by atoms with Crippen molar-refractivity contribution in [3.05, 3.63) is 41.7 Å². The minimum absolute atomic E-state index is 0.00565. The van der Waals surface area contributed by atoms with Crippen LogP contribution in [0.3, 0.4) is 0 Å². The second-order valence-electron chi connectivity index (χ2n) is 13.2. The smallest absolute Gasteiger partial charge is 0.334 e. The van der Waals surface area contributed by atoms with E-state index < -0.39 is 53.2 Å². The number of hydrogen-bond donors (Lipinski definition) is 3. The molecule has 3 N–H and O–H groups in total. The first kappa shape index (κ1) is 32.3. The van der Waals surface area contributed by atoms with Gasteiger partial charge in [-0.25, -0.2) is 4.79 Å². The molecule has 3 aliphatic rings. The number of benzene rings is 1. The van der Waals surface area contributed by atoms with E-state index in [0.717, 1.165) is 11.6 Å². The number of fused-ring (bicyclic) bond motifs is 2. The summed E-state index contributed by atoms with van der Waals surface area (Å²) in [4.78, 5) is 26.0. The Morgan fingerprint density at radius 2 is 1.83 bits per heavy atom. The SMILES string of the molecule is COC(CC[C@H](C)[C@H]1O[C@@]23C[C@H](OC(=O)C[C@H]([C@@H](C)O)OC(=O)/C=C(\O2)[C@@](C)(O)CC3(C)C)C1C)c1cccc(O)c1. The maximum Gasteiger partial charge on any atom is 0.334 e. The van der Waals surface area contributed by atoms with Gasteiger partial charge in [0.2, 0.25) is 5.79 Å². The van der Waals surface area contributed by atoms with E-state index in [9.17, 15) is 24.9 Å². The van der Waals surface area contributed by atoms with Crippen LogP contribution in [0.25, 0.3) is 0 Å². The lowest BCUT2D eigenvalue weighted by Gasteiger charge is -2.59. The number of methoxy groups -OCH3 is 1. The summed E-state index contributed by atoms with van der Waals surface area (Å²) in [6.45, 7) is 10.9. The van der Waals surface area contributed by atoms with Gasteiger partial charge >= 0.3 is 11.9 Å². The van der Waals surface area contributed by atoms with E-state index in [1.807, 2.05) is 26.8 Å². The zero-order valence-electron chi connectivity index (χ0n) is 25.7. The second-order valence-corrected chi connectivity index (χ2v) is 13.2. The van der Waals surface area contributed by atoms with Crippen LogP contribution in [0, 0.1) is 17.3 Å². The second kappa shape index (κ2) is 12.1. The Morgan fingerprint density at radius 3 is 2.48 bits per heavy atom. The number of aromatic hydroxyl groups is 1. The summed E-state index contributed by atoms with van der Waals surface area (Å²) < 4.78 is 30.5. The zero-order valence-corrected chi connectivity index (χ0v) is 25.7. The molecule has 0 amide bonds. The summed E-state index contributed by atoms with van der Waals surface area (Å²) in [5.41, 5.74) is -1.37. The monoisotopic (exact) mass is 590 g/mol. The van der Waals surface area contributed by atoms with Gasteiger partial charge in [-0.2, -0.15) is 0 Å². The minimum atomic E-state index is -1.50. The van der Waals surface area contributed by atoms with Gasteiger partial charge in [0.1, 0.15) is 29.3 Å². The van der Waals surface area contributed by atoms with Crippen molar-refractivity contribution < 1.29 is 48.6 Å². The van der Waals surface area contributed by atoms with E-state index in [1.165, 1.54) is 6.92 Å². The van der Waals surface area contributed by atoms with E-state index in [0.29, 0.717) is 12.8 Å². The number of rotatable bonds is 7. The molecule has 1 aromatic rings. The van der Waals surface area contributed by atoms with Crippen LogP contribution in [0.5, 0.6) is 5.75 Å². The van der Waals surface area contributed by atoms with Crippen LogP contribution in [0.15, 0.2) is 36.1 Å². The number of ether oxygens (including phenoxy) is 5. The molecule has 0 aliphatic carbocycles. The first-order chi connectivity index (χ1) is 19.6. The summed E-state index contributed by atoms with van der Waals surface area (Å²) in [6.07, 6.45) is -0.974. The van der Waals surface area contributed by atoms with E-state index in [2.05, 4.69) is 6.92 Å². The Hall–Kier alpha value is -2.66. The minimum Gasteiger partial charge on any atom is -0.508 e. The molecule has 3 heterocycles. The van der Waals surface area contributed by atoms with Crippen LogP contribution in [0.1, 0.15) is 85.3 Å². The lowest BCUT2D eigenvalue weighted by Crippen LogP contribution is -2.65. The summed E-state index contributed by atoms with van der Waals surface area (Å²) >= 11 is 0. The summed E-state index contributed by atoms with van der Waals surface area (Å²) in [5, 5.41) is 31.5. The van der Waals surface area contributed by atoms with Gasteiger partial charge in [-0.15, -0.1) is 0 Å². The van der Waals surface area contributed by atoms with Gasteiger partial charge in [-0.1, -0.05) is 39.8 Å². The maximum absolute atomic E-state index is 13.1. The Balaban J connectivity index is 1.68. The molecule has 9 atom stereocenters. The zero-order chi connectivity index (χ0) is 31.0. The standard InChI is InChI=1S/C32H46O10/c1-18(11-12-23(38-7)21-9-8-10-22(34)13-21)29-19(2)25-16-32(42-29)30(4,5)17-31(6,37)26(41-32)15-28(36)39-24(20(3)33)14-27(35)40-25/h8-10,13,15,18-20,23-25,29,33-34,37H,11-12,14,16-17H2,1-7H3/b26-15-/t18-,19?,20+,23?,24+,25-,29+,31-,32+/m0/s1. The van der Waals surface area contributed by atoms with Gasteiger partial charge < -0.3 is 39.0 Å². The number of esters is 2. The number of cyclic esters (lactones) is 1. The summed E-state index contributed by atoms with van der Waals surface area (Å²) in [6, 6.07) is 7.00. The van der Waals surface area contributed by atoms with Crippen LogP contribution >= 0.6 is 0 Å². The molecule has 0 radical (unpaired) electrons. The van der Waals surface area contributed by atoms with Crippen LogP contribution < -0.4 is 0 Å². The van der Waals surface area contributed by atoms with Crippen molar-refractivity contribution in [2.75, 3.05) is 7.11 Å². The van der Waals surface area contributed by atoms with Crippen LogP contribution in [-0.4, -0.2) is 70.2 Å². The normalized spacial score (nSPS) is 36.5. The Labute approximate surface area is 247 Å². The molecule has 3 bridgehead atoms. The lowest BCUT2D eigenvalue weighted by atomic mass is 9.66. The molecule has 10 heteroatoms. The van der Waals surface area contributed by atoms with Gasteiger partial charge in [-0.3, -0.25) is 4.79 Å². The third-order valence-corrected chi connectivity index (χ3v) is 9.20. The molecule has 1 spiro atoms. The Kier molecular flexibility index (Phi) is 9.33. The third kappa shape index (κ3) is 6.61. The van der Waals surface area contributed by atoms with Gasteiger partial charge in [0.05, 0.1) is 37.2 Å². The van der Waals surface area contributed by atoms with Crippen molar-refractivity contribution in [1.29, 1.82) is 0 Å². The highest BCUT2D eigenvalue weighted by Crippen LogP contribution is 2.56. The molecule has 1 aromatic carbocycles. The fourth-order valence-corrected chi connectivity index (χ4v) is 6.72. The Bertz CT molecular complexity index is 1170. The molecule has 4 rings (SSSR count). The highest BCUT2D eigenvalue weighted by Gasteiger charge is 2.63. The van der Waals surface area contributed by atoms with Crippen LogP contribution in [0.2, 0.25) is 0 Å². The highest BCUT2D eigenvalue weighted by molar-refractivity contribution is 5.83. The van der Waals surface area contributed by atoms with Crippen LogP contribution in [0.4, 0.5) is 0 Å². The molecule has 2 unspecified atom stereocenters. The summed E-state index contributed by atoms with van der Waals surface area (Å²) in [5.74, 6) is -2.83. The third-order valence-electron chi connectivity index (χ3n) is 9.20. The van der Waals surface area contributed by atoms with Crippen molar-refractivity contribution in [2.24, 2.45) is 17.3 Å². The topological polar surface area (TPSA) is 141 Å². The first-order valence-corrected chi connectivity index (χ1v) is 14.8. The number of carbonyl (C=O) groups excluding carboxylic acids is 2. The summed E-state index contributed by atoms with van der Waals surface area (Å²) in [7, 11) is 1.64. The fraction of sp³-hybridized carbons (Fsp3) is 0.688. The van der Waals surface area contributed by atoms with Gasteiger partial charge in [0.25, 0.3) is 0 Å². The van der Waals surface area contributed by atoms with E-state index in [4.69, 9.17) is 23.7 Å². The maximum atomic E-state index is 13.1. The number of phenols is 1. The molecule has 3 aliphatic heterocycles. The van der Waals surface area contributed by atoms with Crippen molar-refractivity contribution >= 4 is 11.9 Å². The predicted molar refractivity (Wildman–Crippen MR) is 152 cm³/mol. The molecule has 2 saturated heterocycles. The molecule has 10 nitrogen and oxygen atoms in total. The average Bonchev–Trinajstić information content (AvgIpc) is 2.88. The van der Waals surface area contributed by atoms with Crippen molar-refractivity contribution in [3.63, 3.8) is 0 Å². The average molecular weight is 591 g/mol. The molecule has 0 aromatic heterocycles. The number of phenolic OH excluding ortho intramolecular Hbond substituents is 1. The van der Waals surface area contributed by atoms with E-state index in [1.54, 1.807) is 32.2 Å². The predicted octanol–water partition coefficient (Wildman–Crippen LogP) is 4.31. The molecule has 0 saturated carbocycles. The van der Waals surface area contributed by atoms with Crippen molar-refractivity contribution in [3.8, 4) is 5.75 Å².